The van der Waals surface area contributed by atoms with E-state index in [0.717, 1.165) is 22.3 Å². The van der Waals surface area contributed by atoms with Gasteiger partial charge in [0.1, 0.15) is 9.71 Å². The molecule has 0 saturated carbocycles. The summed E-state index contributed by atoms with van der Waals surface area (Å²) in [5.74, 6) is 0.201. The van der Waals surface area contributed by atoms with E-state index in [2.05, 4.69) is 24.1 Å². The minimum Gasteiger partial charge on any atom is -0.397 e. The lowest BCUT2D eigenvalue weighted by Crippen LogP contribution is -2.12. The topological polar surface area (TPSA) is 68.0 Å². The van der Waals surface area contributed by atoms with Crippen LogP contribution in [0.5, 0.6) is 0 Å². The molecule has 0 spiro atoms. The fourth-order valence-electron chi connectivity index (χ4n) is 2.51. The van der Waals surface area contributed by atoms with E-state index >= 15 is 0 Å². The monoisotopic (exact) mass is 393 g/mol. The van der Waals surface area contributed by atoms with E-state index in [1.165, 1.54) is 11.3 Å². The lowest BCUT2D eigenvalue weighted by molar-refractivity contribution is 0.103. The summed E-state index contributed by atoms with van der Waals surface area (Å²) in [6.45, 7) is 4.28. The number of anilines is 2. The Labute approximate surface area is 160 Å². The average Bonchev–Trinajstić information content (AvgIpc) is 2.86. The largest absolute Gasteiger partial charge is 0.397 e. The standard InChI is InChI=1S/C18H17Cl2N3OS/c1-9(2)7-11-4-5-12-15(21)16(25-18(12)22-11)17(24)23-14-6-3-10(19)8-13(14)20/h3-6,8-9H,7,21H2,1-2H3,(H,23,24). The molecule has 3 aromatic rings. The zero-order valence-electron chi connectivity index (χ0n) is 13.8. The van der Waals surface area contributed by atoms with E-state index in [-0.39, 0.29) is 5.91 Å². The van der Waals surface area contributed by atoms with E-state index < -0.39 is 0 Å². The van der Waals surface area contributed by atoms with Gasteiger partial charge in [-0.15, -0.1) is 11.3 Å². The Kier molecular flexibility index (Phi) is 5.18. The second-order valence-electron chi connectivity index (χ2n) is 6.18. The van der Waals surface area contributed by atoms with Gasteiger partial charge in [0.25, 0.3) is 5.91 Å². The molecular formula is C18H17Cl2N3OS. The third-order valence-electron chi connectivity index (χ3n) is 3.65. The summed E-state index contributed by atoms with van der Waals surface area (Å²) >= 11 is 13.3. The van der Waals surface area contributed by atoms with Crippen molar-refractivity contribution in [2.75, 3.05) is 11.1 Å². The minimum absolute atomic E-state index is 0.310. The van der Waals surface area contributed by atoms with Crippen LogP contribution in [-0.2, 0) is 6.42 Å². The molecule has 0 unspecified atom stereocenters. The first-order valence-electron chi connectivity index (χ1n) is 7.79. The second kappa shape index (κ2) is 7.20. The number of nitrogen functional groups attached to an aromatic ring is 1. The van der Waals surface area contributed by atoms with E-state index in [0.29, 0.717) is 32.2 Å². The molecule has 1 amide bonds. The predicted octanol–water partition coefficient (Wildman–Crippen LogP) is 5.64. The molecule has 0 aliphatic heterocycles. The Hall–Kier alpha value is -1.82. The van der Waals surface area contributed by atoms with Crippen LogP contribution in [0.15, 0.2) is 30.3 Å². The molecule has 0 atom stereocenters. The first kappa shape index (κ1) is 18.0. The molecule has 0 fully saturated rings. The van der Waals surface area contributed by atoms with Crippen molar-refractivity contribution in [3.05, 3.63) is 50.9 Å². The van der Waals surface area contributed by atoms with Crippen LogP contribution >= 0.6 is 34.5 Å². The lowest BCUT2D eigenvalue weighted by Gasteiger charge is -2.06. The Bertz CT molecular complexity index is 953. The van der Waals surface area contributed by atoms with Crippen molar-refractivity contribution in [2.45, 2.75) is 20.3 Å². The Morgan fingerprint density at radius 2 is 2.04 bits per heavy atom. The van der Waals surface area contributed by atoms with Crippen molar-refractivity contribution in [3.63, 3.8) is 0 Å². The van der Waals surface area contributed by atoms with Gasteiger partial charge < -0.3 is 11.1 Å². The molecule has 130 valence electrons. The number of amides is 1. The van der Waals surface area contributed by atoms with Gasteiger partial charge in [-0.05, 0) is 42.7 Å². The maximum Gasteiger partial charge on any atom is 0.267 e. The van der Waals surface area contributed by atoms with Crippen molar-refractivity contribution < 1.29 is 4.79 Å². The molecule has 25 heavy (non-hydrogen) atoms. The van der Waals surface area contributed by atoms with Crippen molar-refractivity contribution in [1.29, 1.82) is 0 Å². The highest BCUT2D eigenvalue weighted by Gasteiger charge is 2.18. The third-order valence-corrected chi connectivity index (χ3v) is 5.32. The van der Waals surface area contributed by atoms with Crippen molar-refractivity contribution in [1.82, 2.24) is 4.98 Å². The maximum atomic E-state index is 12.6. The molecule has 4 nitrogen and oxygen atoms in total. The van der Waals surface area contributed by atoms with Gasteiger partial charge in [0, 0.05) is 16.1 Å². The molecule has 0 bridgehead atoms. The average molecular weight is 394 g/mol. The number of carbonyl (C=O) groups excluding carboxylic acids is 1. The zero-order chi connectivity index (χ0) is 18.1. The maximum absolute atomic E-state index is 12.6. The Morgan fingerprint density at radius 1 is 1.28 bits per heavy atom. The number of hydrogen-bond donors (Lipinski definition) is 2. The van der Waals surface area contributed by atoms with Gasteiger partial charge in [-0.2, -0.15) is 0 Å². The first-order valence-corrected chi connectivity index (χ1v) is 9.36. The smallest absolute Gasteiger partial charge is 0.267 e. The summed E-state index contributed by atoms with van der Waals surface area (Å²) in [7, 11) is 0. The quantitative estimate of drug-likeness (QED) is 0.602. The Balaban J connectivity index is 1.92. The molecular weight excluding hydrogens is 377 g/mol. The second-order valence-corrected chi connectivity index (χ2v) is 8.02. The number of carbonyl (C=O) groups is 1. The number of fused-ring (bicyclic) bond motifs is 1. The van der Waals surface area contributed by atoms with Crippen LogP contribution in [0.1, 0.15) is 29.2 Å². The fraction of sp³-hybridized carbons (Fsp3) is 0.222. The van der Waals surface area contributed by atoms with Crippen LogP contribution in [0.3, 0.4) is 0 Å². The van der Waals surface area contributed by atoms with Crippen LogP contribution < -0.4 is 11.1 Å². The van der Waals surface area contributed by atoms with E-state index in [9.17, 15) is 4.79 Å². The number of benzene rings is 1. The van der Waals surface area contributed by atoms with Gasteiger partial charge in [0.2, 0.25) is 0 Å². The van der Waals surface area contributed by atoms with Gasteiger partial charge in [-0.25, -0.2) is 4.98 Å². The molecule has 1 aromatic carbocycles. The van der Waals surface area contributed by atoms with Crippen LogP contribution in [0.25, 0.3) is 10.2 Å². The van der Waals surface area contributed by atoms with Gasteiger partial charge in [-0.3, -0.25) is 4.79 Å². The summed E-state index contributed by atoms with van der Waals surface area (Å²) in [6, 6.07) is 8.79. The van der Waals surface area contributed by atoms with E-state index in [4.69, 9.17) is 28.9 Å². The summed E-state index contributed by atoms with van der Waals surface area (Å²) in [5.41, 5.74) is 8.08. The summed E-state index contributed by atoms with van der Waals surface area (Å²) in [6.07, 6.45) is 0.885. The molecule has 0 aliphatic carbocycles. The van der Waals surface area contributed by atoms with Crippen molar-refractivity contribution >= 4 is 62.0 Å². The van der Waals surface area contributed by atoms with E-state index in [1.807, 2.05) is 12.1 Å². The van der Waals surface area contributed by atoms with Crippen LogP contribution in [0.2, 0.25) is 10.0 Å². The minimum atomic E-state index is -0.310. The molecule has 3 rings (SSSR count). The molecule has 0 radical (unpaired) electrons. The van der Waals surface area contributed by atoms with E-state index in [1.54, 1.807) is 18.2 Å². The SMILES string of the molecule is CC(C)Cc1ccc2c(N)c(C(=O)Nc3ccc(Cl)cc3Cl)sc2n1. The number of nitrogens with zero attached hydrogens (tertiary/aromatic N) is 1. The first-order chi connectivity index (χ1) is 11.8. The summed E-state index contributed by atoms with van der Waals surface area (Å²) in [4.78, 5) is 18.4. The number of nitrogens with two attached hydrogens (primary N) is 1. The highest BCUT2D eigenvalue weighted by Crippen LogP contribution is 2.34. The molecule has 3 N–H and O–H groups in total. The number of hydrogen-bond acceptors (Lipinski definition) is 4. The van der Waals surface area contributed by atoms with Crippen LogP contribution in [0.4, 0.5) is 11.4 Å². The fourth-order valence-corrected chi connectivity index (χ4v) is 3.97. The molecule has 2 aromatic heterocycles. The zero-order valence-corrected chi connectivity index (χ0v) is 16.1. The highest BCUT2D eigenvalue weighted by molar-refractivity contribution is 7.21. The Morgan fingerprint density at radius 3 is 2.72 bits per heavy atom. The van der Waals surface area contributed by atoms with Gasteiger partial charge in [-0.1, -0.05) is 37.0 Å². The van der Waals surface area contributed by atoms with Crippen LogP contribution in [0, 0.1) is 5.92 Å². The highest BCUT2D eigenvalue weighted by atomic mass is 35.5. The lowest BCUT2D eigenvalue weighted by atomic mass is 10.1. The molecule has 2 heterocycles. The number of nitrogens with one attached hydrogen (secondary N) is 1. The molecule has 7 heteroatoms. The number of pyridine rings is 1. The molecule has 0 saturated heterocycles. The summed E-state index contributed by atoms with van der Waals surface area (Å²) in [5, 5.41) is 4.45. The van der Waals surface area contributed by atoms with Gasteiger partial charge in [0.15, 0.2) is 0 Å². The number of rotatable bonds is 4. The number of thiophene rings is 1. The van der Waals surface area contributed by atoms with Gasteiger partial charge in [0.05, 0.1) is 16.4 Å². The summed E-state index contributed by atoms with van der Waals surface area (Å²) < 4.78 is 0. The normalized spacial score (nSPS) is 11.2. The molecule has 0 aliphatic rings. The predicted molar refractivity (Wildman–Crippen MR) is 107 cm³/mol. The van der Waals surface area contributed by atoms with Crippen molar-refractivity contribution in [3.8, 4) is 0 Å². The number of aromatic nitrogens is 1. The number of halogens is 2. The third kappa shape index (κ3) is 3.89. The van der Waals surface area contributed by atoms with Crippen molar-refractivity contribution in [2.24, 2.45) is 5.92 Å². The van der Waals surface area contributed by atoms with Crippen LogP contribution in [-0.4, -0.2) is 10.9 Å². The van der Waals surface area contributed by atoms with Gasteiger partial charge >= 0.3 is 0 Å².